The van der Waals surface area contributed by atoms with Crippen LogP contribution in [0, 0.1) is 0 Å². The average molecular weight is 351 g/mol. The van der Waals surface area contributed by atoms with Crippen LogP contribution in [0.1, 0.15) is 32.1 Å². The number of rotatable bonds is 9. The summed E-state index contributed by atoms with van der Waals surface area (Å²) in [6, 6.07) is 14.9. The second-order valence-corrected chi connectivity index (χ2v) is 6.44. The van der Waals surface area contributed by atoms with Crippen molar-refractivity contribution in [3.05, 3.63) is 54.7 Å². The van der Waals surface area contributed by atoms with Crippen LogP contribution in [0.5, 0.6) is 5.75 Å². The van der Waals surface area contributed by atoms with Gasteiger partial charge >= 0.3 is 0 Å². The first-order chi connectivity index (χ1) is 12.7. The smallest absolute Gasteiger partial charge is 0.224 e. The van der Waals surface area contributed by atoms with E-state index in [9.17, 15) is 9.90 Å². The van der Waals surface area contributed by atoms with Crippen LogP contribution in [0.2, 0.25) is 0 Å². The third kappa shape index (κ3) is 5.02. The van der Waals surface area contributed by atoms with Gasteiger partial charge in [-0.25, -0.2) is 0 Å². The van der Waals surface area contributed by atoms with Crippen LogP contribution >= 0.6 is 0 Å². The second-order valence-electron chi connectivity index (χ2n) is 6.44. The summed E-state index contributed by atoms with van der Waals surface area (Å²) < 4.78 is 0. The fourth-order valence-corrected chi connectivity index (χ4v) is 2.99. The SMILES string of the molecule is O=C(CCCCCCNc1c[nH]c2ccc(O)cc12)Nc1ccccc1. The molecule has 5 nitrogen and oxygen atoms in total. The molecule has 5 heteroatoms. The van der Waals surface area contributed by atoms with Crippen LogP contribution < -0.4 is 10.6 Å². The molecular weight excluding hydrogens is 326 g/mol. The summed E-state index contributed by atoms with van der Waals surface area (Å²) in [5.41, 5.74) is 2.87. The highest BCUT2D eigenvalue weighted by atomic mass is 16.3. The molecule has 136 valence electrons. The standard InChI is InChI=1S/C21H25N3O2/c25-17-11-12-19-18(14-17)20(15-23-19)22-13-7-2-1-6-10-21(26)24-16-8-4-3-5-9-16/h3-5,8-9,11-12,14-15,22-23,25H,1-2,6-7,10,13H2,(H,24,26). The van der Waals surface area contributed by atoms with Crippen molar-refractivity contribution in [1.29, 1.82) is 0 Å². The average Bonchev–Trinajstić information content (AvgIpc) is 3.04. The number of carbonyl (C=O) groups is 1. The third-order valence-electron chi connectivity index (χ3n) is 4.37. The number of amides is 1. The molecule has 0 saturated carbocycles. The van der Waals surface area contributed by atoms with Gasteiger partial charge < -0.3 is 20.7 Å². The van der Waals surface area contributed by atoms with Crippen molar-refractivity contribution < 1.29 is 9.90 Å². The number of phenolic OH excluding ortho intramolecular Hbond substituents is 1. The summed E-state index contributed by atoms with van der Waals surface area (Å²) in [6.45, 7) is 0.874. The van der Waals surface area contributed by atoms with Gasteiger partial charge in [-0.1, -0.05) is 31.0 Å². The number of aromatic amines is 1. The second kappa shape index (κ2) is 8.94. The number of phenols is 1. The molecule has 1 heterocycles. The Morgan fingerprint density at radius 1 is 1.00 bits per heavy atom. The van der Waals surface area contributed by atoms with E-state index in [0.29, 0.717) is 6.42 Å². The Bertz CT molecular complexity index is 843. The van der Waals surface area contributed by atoms with Crippen molar-refractivity contribution in [1.82, 2.24) is 4.98 Å². The zero-order chi connectivity index (χ0) is 18.2. The molecular formula is C21H25N3O2. The summed E-state index contributed by atoms with van der Waals surface area (Å²) in [7, 11) is 0. The van der Waals surface area contributed by atoms with E-state index < -0.39 is 0 Å². The molecule has 0 unspecified atom stereocenters. The Kier molecular flexibility index (Phi) is 6.14. The maximum atomic E-state index is 11.9. The van der Waals surface area contributed by atoms with E-state index in [1.54, 1.807) is 12.1 Å². The number of nitrogens with one attached hydrogen (secondary N) is 3. The highest BCUT2D eigenvalue weighted by Crippen LogP contribution is 2.26. The number of H-pyrrole nitrogens is 1. The summed E-state index contributed by atoms with van der Waals surface area (Å²) >= 11 is 0. The molecule has 0 spiro atoms. The molecule has 26 heavy (non-hydrogen) atoms. The number of unbranched alkanes of at least 4 members (excludes halogenated alkanes) is 3. The van der Waals surface area contributed by atoms with Crippen LogP contribution in [0.4, 0.5) is 11.4 Å². The van der Waals surface area contributed by atoms with Gasteiger partial charge in [0.25, 0.3) is 0 Å². The van der Waals surface area contributed by atoms with Crippen molar-refractivity contribution in [2.24, 2.45) is 0 Å². The minimum atomic E-state index is 0.0768. The number of para-hydroxylation sites is 1. The zero-order valence-electron chi connectivity index (χ0n) is 14.8. The van der Waals surface area contributed by atoms with Crippen LogP contribution in [-0.2, 0) is 4.79 Å². The molecule has 0 aliphatic heterocycles. The van der Waals surface area contributed by atoms with Gasteiger partial charge in [-0.05, 0) is 43.2 Å². The zero-order valence-corrected chi connectivity index (χ0v) is 14.8. The monoisotopic (exact) mass is 351 g/mol. The lowest BCUT2D eigenvalue weighted by molar-refractivity contribution is -0.116. The number of fused-ring (bicyclic) bond motifs is 1. The first-order valence-corrected chi connectivity index (χ1v) is 9.11. The van der Waals surface area contributed by atoms with Crippen molar-refractivity contribution in [2.45, 2.75) is 32.1 Å². The van der Waals surface area contributed by atoms with Gasteiger partial charge in [0.1, 0.15) is 5.75 Å². The maximum Gasteiger partial charge on any atom is 0.224 e. The molecule has 0 bridgehead atoms. The van der Waals surface area contributed by atoms with Gasteiger partial charge in [0.15, 0.2) is 0 Å². The highest BCUT2D eigenvalue weighted by Gasteiger charge is 2.04. The van der Waals surface area contributed by atoms with E-state index in [4.69, 9.17) is 0 Å². The molecule has 3 aromatic rings. The molecule has 0 aliphatic rings. The third-order valence-corrected chi connectivity index (χ3v) is 4.37. The van der Waals surface area contributed by atoms with E-state index >= 15 is 0 Å². The molecule has 4 N–H and O–H groups in total. The largest absolute Gasteiger partial charge is 0.508 e. The lowest BCUT2D eigenvalue weighted by atomic mass is 10.1. The van der Waals surface area contributed by atoms with Gasteiger partial charge in [-0.3, -0.25) is 4.79 Å². The molecule has 2 aromatic carbocycles. The molecule has 0 radical (unpaired) electrons. The quantitative estimate of drug-likeness (QED) is 0.415. The number of aromatic nitrogens is 1. The predicted octanol–water partition coefficient (Wildman–Crippen LogP) is 4.87. The van der Waals surface area contributed by atoms with Gasteiger partial charge in [-0.15, -0.1) is 0 Å². The van der Waals surface area contributed by atoms with E-state index in [2.05, 4.69) is 15.6 Å². The first-order valence-electron chi connectivity index (χ1n) is 9.11. The number of carbonyl (C=O) groups excluding carboxylic acids is 1. The van der Waals surface area contributed by atoms with E-state index in [-0.39, 0.29) is 11.7 Å². The number of aromatic hydroxyl groups is 1. The molecule has 0 fully saturated rings. The Hall–Kier alpha value is -2.95. The first kappa shape index (κ1) is 17.9. The molecule has 0 atom stereocenters. The number of hydrogen-bond donors (Lipinski definition) is 4. The molecule has 1 aromatic heterocycles. The van der Waals surface area contributed by atoms with Crippen molar-refractivity contribution >= 4 is 28.2 Å². The summed E-state index contributed by atoms with van der Waals surface area (Å²) in [5, 5.41) is 16.9. The molecule has 1 amide bonds. The van der Waals surface area contributed by atoms with Crippen molar-refractivity contribution in [2.75, 3.05) is 17.2 Å². The number of hydrogen-bond acceptors (Lipinski definition) is 3. The number of benzene rings is 2. The van der Waals surface area contributed by atoms with Crippen LogP contribution in [-0.4, -0.2) is 22.5 Å². The number of anilines is 2. The lowest BCUT2D eigenvalue weighted by Gasteiger charge is -2.06. The van der Waals surface area contributed by atoms with Gasteiger partial charge in [0, 0.05) is 35.8 Å². The minimum absolute atomic E-state index is 0.0768. The minimum Gasteiger partial charge on any atom is -0.508 e. The highest BCUT2D eigenvalue weighted by molar-refractivity contribution is 5.93. The summed E-state index contributed by atoms with van der Waals surface area (Å²) in [4.78, 5) is 15.1. The van der Waals surface area contributed by atoms with E-state index in [1.807, 2.05) is 42.6 Å². The topological polar surface area (TPSA) is 77.2 Å². The molecule has 3 rings (SSSR count). The Morgan fingerprint density at radius 3 is 2.65 bits per heavy atom. The van der Waals surface area contributed by atoms with Crippen LogP contribution in [0.25, 0.3) is 10.9 Å². The molecule has 0 aliphatic carbocycles. The van der Waals surface area contributed by atoms with Crippen molar-refractivity contribution in [3.8, 4) is 5.75 Å². The molecule has 0 saturated heterocycles. The fourth-order valence-electron chi connectivity index (χ4n) is 2.99. The van der Waals surface area contributed by atoms with E-state index in [0.717, 1.165) is 54.5 Å². The summed E-state index contributed by atoms with van der Waals surface area (Å²) in [5.74, 6) is 0.349. The predicted molar refractivity (Wildman–Crippen MR) is 107 cm³/mol. The van der Waals surface area contributed by atoms with Crippen LogP contribution in [0.3, 0.4) is 0 Å². The van der Waals surface area contributed by atoms with Gasteiger partial charge in [-0.2, -0.15) is 0 Å². The fraction of sp³-hybridized carbons (Fsp3) is 0.286. The summed E-state index contributed by atoms with van der Waals surface area (Å²) in [6.07, 6.45) is 6.56. The van der Waals surface area contributed by atoms with Crippen molar-refractivity contribution in [3.63, 3.8) is 0 Å². The van der Waals surface area contributed by atoms with Gasteiger partial charge in [0.05, 0.1) is 5.69 Å². The normalized spacial score (nSPS) is 10.8. The Balaban J connectivity index is 1.30. The van der Waals surface area contributed by atoms with E-state index in [1.165, 1.54) is 0 Å². The van der Waals surface area contributed by atoms with Crippen LogP contribution in [0.15, 0.2) is 54.7 Å². The van der Waals surface area contributed by atoms with Gasteiger partial charge in [0.2, 0.25) is 5.91 Å². The Morgan fingerprint density at radius 2 is 1.81 bits per heavy atom. The Labute approximate surface area is 153 Å². The lowest BCUT2D eigenvalue weighted by Crippen LogP contribution is -2.10. The maximum absolute atomic E-state index is 11.9.